The van der Waals surface area contributed by atoms with Gasteiger partial charge in [-0.1, -0.05) is 13.8 Å². The number of rotatable bonds is 3. The van der Waals surface area contributed by atoms with Crippen LogP contribution in [0, 0.1) is 34.5 Å². The molecule has 6 N–H and O–H groups in total. The molecule has 0 amide bonds. The van der Waals surface area contributed by atoms with Gasteiger partial charge < -0.3 is 16.2 Å². The summed E-state index contributed by atoms with van der Waals surface area (Å²) in [5.74, 6) is 3.67. The Morgan fingerprint density at radius 2 is 1.71 bits per heavy atom. The van der Waals surface area contributed by atoms with Crippen molar-refractivity contribution < 1.29 is 16.2 Å². The van der Waals surface area contributed by atoms with Gasteiger partial charge in [0.1, 0.15) is 13.1 Å². The first-order valence-corrected chi connectivity index (χ1v) is 10.8. The van der Waals surface area contributed by atoms with Crippen molar-refractivity contribution in [3.8, 4) is 0 Å². The summed E-state index contributed by atoms with van der Waals surface area (Å²) < 4.78 is 0. The predicted molar refractivity (Wildman–Crippen MR) is 96.1 cm³/mol. The summed E-state index contributed by atoms with van der Waals surface area (Å²) in [6.45, 7) is 7.50. The normalized spacial score (nSPS) is 54.0. The molecule has 8 atom stereocenters. The van der Waals surface area contributed by atoms with Gasteiger partial charge in [0.15, 0.2) is 0 Å². The molecule has 24 heavy (non-hydrogen) atoms. The molecule has 4 rings (SSSR count). The molecule has 0 bridgehead atoms. The van der Waals surface area contributed by atoms with Crippen molar-refractivity contribution in [2.24, 2.45) is 34.5 Å². The van der Waals surface area contributed by atoms with Crippen molar-refractivity contribution in [3.63, 3.8) is 0 Å². The number of fused-ring (bicyclic) bond motifs is 5. The Balaban J connectivity index is 1.54. The van der Waals surface area contributed by atoms with Gasteiger partial charge >= 0.3 is 0 Å². The van der Waals surface area contributed by atoms with E-state index in [0.717, 1.165) is 49.1 Å². The fraction of sp³-hybridized carbons (Fsp3) is 1.00. The zero-order valence-electron chi connectivity index (χ0n) is 16.0. The summed E-state index contributed by atoms with van der Waals surface area (Å²) in [5, 5.41) is 12.8. The number of aliphatic hydroxyl groups excluding tert-OH is 1. The highest BCUT2D eigenvalue weighted by atomic mass is 16.3. The summed E-state index contributed by atoms with van der Waals surface area (Å²) in [5.41, 5.74) is 5.15. The van der Waals surface area contributed by atoms with Gasteiger partial charge in [-0.2, -0.15) is 0 Å². The van der Waals surface area contributed by atoms with Crippen LogP contribution in [-0.2, 0) is 0 Å². The van der Waals surface area contributed by atoms with Crippen LogP contribution in [0.4, 0.5) is 0 Å². The molecule has 0 spiro atoms. The molecule has 0 heterocycles. The fourth-order valence-corrected chi connectivity index (χ4v) is 7.98. The minimum atomic E-state index is -0.0124. The molecule has 0 aromatic heterocycles. The maximum atomic E-state index is 10.2. The Morgan fingerprint density at radius 3 is 2.50 bits per heavy atom. The molecule has 3 heteroatoms. The number of nitrogens with two attached hydrogens (primary N) is 1. The first kappa shape index (κ1) is 17.3. The van der Waals surface area contributed by atoms with Gasteiger partial charge in [-0.3, -0.25) is 0 Å². The van der Waals surface area contributed by atoms with Crippen LogP contribution in [0.15, 0.2) is 0 Å². The molecule has 4 saturated carbocycles. The fourth-order valence-electron chi connectivity index (χ4n) is 7.98. The molecule has 0 unspecified atom stereocenters. The zero-order chi connectivity index (χ0) is 16.9. The van der Waals surface area contributed by atoms with Gasteiger partial charge in [-0.25, -0.2) is 0 Å². The van der Waals surface area contributed by atoms with E-state index in [-0.39, 0.29) is 6.10 Å². The first-order valence-electron chi connectivity index (χ1n) is 10.8. The maximum Gasteiger partial charge on any atom is 0.125 e. The van der Waals surface area contributed by atoms with Crippen LogP contribution >= 0.6 is 0 Å². The largest absolute Gasteiger partial charge is 0.393 e. The van der Waals surface area contributed by atoms with E-state index in [1.54, 1.807) is 0 Å². The van der Waals surface area contributed by atoms with E-state index in [0.29, 0.717) is 10.8 Å². The third-order valence-electron chi connectivity index (χ3n) is 9.37. The molecular formula is C21H40N2O+2. The SMILES string of the molecule is C[C@@]12CC[C@H]3[C@@H](CC[C@H]4C[C@@H](O)CC[C@@]43C)[C@H]1CC[C@@H]2[NH2+]CC[NH3+]. The van der Waals surface area contributed by atoms with E-state index in [1.807, 2.05) is 0 Å². The smallest absolute Gasteiger partial charge is 0.125 e. The van der Waals surface area contributed by atoms with Gasteiger partial charge in [0, 0.05) is 11.8 Å². The lowest BCUT2D eigenvalue weighted by molar-refractivity contribution is -0.712. The molecule has 4 aliphatic carbocycles. The topological polar surface area (TPSA) is 64.5 Å². The summed E-state index contributed by atoms with van der Waals surface area (Å²) >= 11 is 0. The van der Waals surface area contributed by atoms with Gasteiger partial charge in [-0.15, -0.1) is 0 Å². The highest BCUT2D eigenvalue weighted by Gasteiger charge is 2.61. The third kappa shape index (κ3) is 2.49. The molecule has 3 nitrogen and oxygen atoms in total. The van der Waals surface area contributed by atoms with E-state index in [1.165, 1.54) is 51.5 Å². The van der Waals surface area contributed by atoms with Crippen LogP contribution in [0.3, 0.4) is 0 Å². The second kappa shape index (κ2) is 6.25. The highest BCUT2D eigenvalue weighted by Crippen LogP contribution is 2.65. The van der Waals surface area contributed by atoms with E-state index in [4.69, 9.17) is 0 Å². The van der Waals surface area contributed by atoms with Crippen molar-refractivity contribution in [2.75, 3.05) is 13.1 Å². The van der Waals surface area contributed by atoms with Crippen molar-refractivity contribution >= 4 is 0 Å². The van der Waals surface area contributed by atoms with Crippen LogP contribution in [0.1, 0.15) is 71.6 Å². The second-order valence-electron chi connectivity index (χ2n) is 10.2. The number of aliphatic hydroxyl groups is 1. The molecular weight excluding hydrogens is 296 g/mol. The van der Waals surface area contributed by atoms with Crippen molar-refractivity contribution in [3.05, 3.63) is 0 Å². The molecule has 4 aliphatic rings. The van der Waals surface area contributed by atoms with Gasteiger partial charge in [0.05, 0.1) is 12.1 Å². The van der Waals surface area contributed by atoms with E-state index in [9.17, 15) is 5.11 Å². The minimum Gasteiger partial charge on any atom is -0.393 e. The molecule has 0 aromatic carbocycles. The number of quaternary nitrogens is 2. The van der Waals surface area contributed by atoms with E-state index in [2.05, 4.69) is 24.9 Å². The van der Waals surface area contributed by atoms with Crippen molar-refractivity contribution in [1.82, 2.24) is 0 Å². The van der Waals surface area contributed by atoms with Crippen molar-refractivity contribution in [1.29, 1.82) is 0 Å². The van der Waals surface area contributed by atoms with Gasteiger partial charge in [0.2, 0.25) is 0 Å². The zero-order valence-corrected chi connectivity index (χ0v) is 16.0. The molecule has 138 valence electrons. The third-order valence-corrected chi connectivity index (χ3v) is 9.37. The Labute approximate surface area is 148 Å². The van der Waals surface area contributed by atoms with Crippen LogP contribution < -0.4 is 11.1 Å². The standard InChI is InChI=1S/C21H38N2O/c1-20-9-7-15(24)13-14(20)3-4-16-17-5-6-19(23-12-11-22)21(17,2)10-8-18(16)20/h14-19,23-24H,3-13,22H2,1-2H3/p+2/t14-,15-,16-,17+,18-,19-,20-,21+/m0/s1. The predicted octanol–water partition coefficient (Wildman–Crippen LogP) is 1.56. The lowest BCUT2D eigenvalue weighted by Gasteiger charge is -2.60. The molecule has 0 radical (unpaired) electrons. The Kier molecular flexibility index (Phi) is 4.50. The lowest BCUT2D eigenvalue weighted by Crippen LogP contribution is -2.95. The van der Waals surface area contributed by atoms with Crippen LogP contribution in [-0.4, -0.2) is 30.3 Å². The average Bonchev–Trinajstić information content (AvgIpc) is 2.90. The second-order valence-corrected chi connectivity index (χ2v) is 10.2. The minimum absolute atomic E-state index is 0.0124. The molecule has 0 aromatic rings. The Bertz CT molecular complexity index is 469. The van der Waals surface area contributed by atoms with Gasteiger partial charge in [0.25, 0.3) is 0 Å². The van der Waals surface area contributed by atoms with Gasteiger partial charge in [-0.05, 0) is 80.5 Å². The summed E-state index contributed by atoms with van der Waals surface area (Å²) in [6.07, 6.45) is 12.0. The average molecular weight is 337 g/mol. The van der Waals surface area contributed by atoms with Crippen LogP contribution in [0.2, 0.25) is 0 Å². The summed E-state index contributed by atoms with van der Waals surface area (Å²) in [6, 6.07) is 0.851. The van der Waals surface area contributed by atoms with Crippen LogP contribution in [0.5, 0.6) is 0 Å². The number of hydrogen-bond donors (Lipinski definition) is 3. The maximum absolute atomic E-state index is 10.2. The first-order chi connectivity index (χ1) is 11.5. The molecule has 0 aliphatic heterocycles. The van der Waals surface area contributed by atoms with Crippen molar-refractivity contribution in [2.45, 2.75) is 83.8 Å². The summed E-state index contributed by atoms with van der Waals surface area (Å²) in [4.78, 5) is 0. The highest BCUT2D eigenvalue weighted by molar-refractivity contribution is 5.09. The van der Waals surface area contributed by atoms with E-state index < -0.39 is 0 Å². The Morgan fingerprint density at radius 1 is 0.958 bits per heavy atom. The van der Waals surface area contributed by atoms with Crippen LogP contribution in [0.25, 0.3) is 0 Å². The molecule has 0 saturated heterocycles. The summed E-state index contributed by atoms with van der Waals surface area (Å²) in [7, 11) is 0. The monoisotopic (exact) mass is 336 g/mol. The molecule has 4 fully saturated rings. The quantitative estimate of drug-likeness (QED) is 0.719. The number of hydrogen-bond acceptors (Lipinski definition) is 1. The Hall–Kier alpha value is -0.120. The lowest BCUT2D eigenvalue weighted by atomic mass is 9.45. The van der Waals surface area contributed by atoms with E-state index >= 15 is 0 Å².